The highest BCUT2D eigenvalue weighted by Crippen LogP contribution is 2.42. The summed E-state index contributed by atoms with van der Waals surface area (Å²) in [5, 5.41) is 24.0. The quantitative estimate of drug-likeness (QED) is 0.426. The molecule has 2 unspecified atom stereocenters. The summed E-state index contributed by atoms with van der Waals surface area (Å²) < 4.78 is 14.3. The Morgan fingerprint density at radius 1 is 1.31 bits per heavy atom. The molecule has 0 spiro atoms. The van der Waals surface area contributed by atoms with Crippen molar-refractivity contribution >= 4 is 23.3 Å². The van der Waals surface area contributed by atoms with Crippen LogP contribution in [0.3, 0.4) is 0 Å². The molecule has 3 heterocycles. The molecule has 2 atom stereocenters. The number of hydrogen-bond donors (Lipinski definition) is 4. The molecule has 10 heteroatoms. The summed E-state index contributed by atoms with van der Waals surface area (Å²) in [6, 6.07) is 6.24. The third-order valence-electron chi connectivity index (χ3n) is 6.07. The fourth-order valence-corrected chi connectivity index (χ4v) is 4.40. The maximum absolute atomic E-state index is 14.3. The van der Waals surface area contributed by atoms with Crippen LogP contribution in [-0.4, -0.2) is 28.4 Å². The van der Waals surface area contributed by atoms with Gasteiger partial charge in [0.05, 0.1) is 5.69 Å². The van der Waals surface area contributed by atoms with E-state index >= 15 is 0 Å². The Kier molecular flexibility index (Phi) is 5.80. The van der Waals surface area contributed by atoms with Gasteiger partial charge in [-0.3, -0.25) is 10.2 Å². The zero-order valence-corrected chi connectivity index (χ0v) is 17.7. The molecule has 0 amide bonds. The van der Waals surface area contributed by atoms with E-state index in [9.17, 15) is 9.65 Å². The highest BCUT2D eigenvalue weighted by molar-refractivity contribution is 5.98. The van der Waals surface area contributed by atoms with E-state index in [1.165, 1.54) is 18.6 Å². The van der Waals surface area contributed by atoms with Crippen LogP contribution >= 0.6 is 0 Å². The summed E-state index contributed by atoms with van der Waals surface area (Å²) in [5.41, 5.74) is 14.4. The lowest BCUT2D eigenvalue weighted by atomic mass is 9.91. The molecule has 0 bridgehead atoms. The largest absolute Gasteiger partial charge is 0.397 e. The van der Waals surface area contributed by atoms with E-state index < -0.39 is 6.04 Å². The Bertz CT molecular complexity index is 1160. The van der Waals surface area contributed by atoms with Crippen LogP contribution in [0.4, 0.5) is 21.7 Å². The summed E-state index contributed by atoms with van der Waals surface area (Å²) in [5.74, 6) is 0.110. The number of rotatable bonds is 3. The molecule has 1 saturated heterocycles. The Morgan fingerprint density at radius 3 is 2.84 bits per heavy atom. The van der Waals surface area contributed by atoms with Crippen molar-refractivity contribution in [1.82, 2.24) is 15.2 Å². The standard InChI is InChI=1S/C22H24FN9/c1-12-4-2-3-7-32(12)10-13-8-14(23)5-6-15(13)19-17-18(26)16(9-24)20(27)30-21(17)31-22(29-19)28-11-25/h5-6,8,12,19H,2-4,7,10H2,1H3,(H6,26,27,28,29,30,31). The first-order chi connectivity index (χ1) is 15.4. The van der Waals surface area contributed by atoms with Crippen LogP contribution in [0.25, 0.3) is 0 Å². The molecule has 2 aliphatic rings. The van der Waals surface area contributed by atoms with Crippen molar-refractivity contribution in [1.29, 1.82) is 10.5 Å². The molecule has 0 radical (unpaired) electrons. The number of guanidine groups is 1. The van der Waals surface area contributed by atoms with Gasteiger partial charge in [-0.25, -0.2) is 14.4 Å². The number of fused-ring (bicyclic) bond motifs is 1. The van der Waals surface area contributed by atoms with E-state index in [-0.39, 0.29) is 28.8 Å². The molecule has 1 aromatic heterocycles. The van der Waals surface area contributed by atoms with Crippen LogP contribution in [0, 0.1) is 28.6 Å². The predicted octanol–water partition coefficient (Wildman–Crippen LogP) is 2.57. The van der Waals surface area contributed by atoms with Crippen molar-refractivity contribution < 1.29 is 4.39 Å². The zero-order valence-electron chi connectivity index (χ0n) is 17.7. The molecule has 2 aromatic rings. The molecule has 0 saturated carbocycles. The topological polar surface area (TPSA) is 152 Å². The molecular weight excluding hydrogens is 409 g/mol. The van der Waals surface area contributed by atoms with E-state index in [0.29, 0.717) is 24.0 Å². The van der Waals surface area contributed by atoms with Gasteiger partial charge in [-0.05, 0) is 49.6 Å². The third-order valence-corrected chi connectivity index (χ3v) is 6.07. The smallest absolute Gasteiger partial charge is 0.211 e. The number of aromatic nitrogens is 1. The van der Waals surface area contributed by atoms with Gasteiger partial charge in [-0.1, -0.05) is 12.5 Å². The number of nitrogens with two attached hydrogens (primary N) is 2. The molecule has 1 aromatic carbocycles. The Labute approximate surface area is 185 Å². The zero-order chi connectivity index (χ0) is 22.8. The van der Waals surface area contributed by atoms with Crippen LogP contribution in [0.15, 0.2) is 23.2 Å². The van der Waals surface area contributed by atoms with Gasteiger partial charge < -0.3 is 16.8 Å². The number of hydrogen-bond acceptors (Lipinski definition) is 9. The van der Waals surface area contributed by atoms with E-state index in [1.807, 2.05) is 12.3 Å². The number of anilines is 3. The number of halogens is 1. The van der Waals surface area contributed by atoms with Gasteiger partial charge in [0.1, 0.15) is 35.1 Å². The molecule has 6 N–H and O–H groups in total. The lowest BCUT2D eigenvalue weighted by Gasteiger charge is -2.34. The number of nitriles is 2. The van der Waals surface area contributed by atoms with Crippen LogP contribution in [-0.2, 0) is 6.54 Å². The SMILES string of the molecule is CC1CCCCN1Cc1cc(F)ccc1C1N=C(NC#N)Nc2nc(N)c(C#N)c(N)c21. The van der Waals surface area contributed by atoms with Crippen LogP contribution < -0.4 is 22.1 Å². The minimum atomic E-state index is -0.696. The first-order valence-electron chi connectivity index (χ1n) is 10.4. The minimum absolute atomic E-state index is 0.0188. The van der Waals surface area contributed by atoms with Crippen molar-refractivity contribution in [2.24, 2.45) is 4.99 Å². The normalized spacial score (nSPS) is 20.3. The van der Waals surface area contributed by atoms with Crippen molar-refractivity contribution in [3.8, 4) is 12.3 Å². The van der Waals surface area contributed by atoms with Crippen LogP contribution in [0.1, 0.15) is 54.5 Å². The number of benzene rings is 1. The maximum atomic E-state index is 14.3. The minimum Gasteiger partial charge on any atom is -0.397 e. The van der Waals surface area contributed by atoms with Gasteiger partial charge in [0.2, 0.25) is 5.96 Å². The highest BCUT2D eigenvalue weighted by atomic mass is 19.1. The average Bonchev–Trinajstić information content (AvgIpc) is 2.75. The Balaban J connectivity index is 1.86. The highest BCUT2D eigenvalue weighted by Gasteiger charge is 2.31. The number of likely N-dealkylation sites (tertiary alicyclic amines) is 1. The summed E-state index contributed by atoms with van der Waals surface area (Å²) in [6.07, 6.45) is 5.21. The monoisotopic (exact) mass is 433 g/mol. The fourth-order valence-electron chi connectivity index (χ4n) is 4.40. The average molecular weight is 433 g/mol. The molecule has 9 nitrogen and oxygen atoms in total. The predicted molar refractivity (Wildman–Crippen MR) is 120 cm³/mol. The van der Waals surface area contributed by atoms with Gasteiger partial charge in [0.15, 0.2) is 6.19 Å². The van der Waals surface area contributed by atoms with Crippen LogP contribution in [0.2, 0.25) is 0 Å². The number of nitrogens with zero attached hydrogens (tertiary/aromatic N) is 5. The van der Waals surface area contributed by atoms with Gasteiger partial charge in [0.25, 0.3) is 0 Å². The number of pyridine rings is 1. The second-order valence-corrected chi connectivity index (χ2v) is 8.06. The van der Waals surface area contributed by atoms with E-state index in [2.05, 4.69) is 32.4 Å². The molecule has 1 fully saturated rings. The van der Waals surface area contributed by atoms with Gasteiger partial charge in [0, 0.05) is 18.2 Å². The lowest BCUT2D eigenvalue weighted by Crippen LogP contribution is -2.37. The number of piperidine rings is 1. The molecule has 164 valence electrons. The van der Waals surface area contributed by atoms with Gasteiger partial charge >= 0.3 is 0 Å². The van der Waals surface area contributed by atoms with Crippen molar-refractivity contribution in [3.63, 3.8) is 0 Å². The summed E-state index contributed by atoms with van der Waals surface area (Å²) in [4.78, 5) is 11.2. The van der Waals surface area contributed by atoms with Crippen molar-refractivity contribution in [2.45, 2.75) is 44.8 Å². The first-order valence-corrected chi connectivity index (χ1v) is 10.4. The molecular formula is C22H24FN9. The second-order valence-electron chi connectivity index (χ2n) is 8.06. The first kappa shape index (κ1) is 21.3. The summed E-state index contributed by atoms with van der Waals surface area (Å²) in [6.45, 7) is 3.66. The molecule has 4 rings (SSSR count). The fraction of sp³-hybridized carbons (Fsp3) is 0.364. The van der Waals surface area contributed by atoms with Gasteiger partial charge in [-0.15, -0.1) is 0 Å². The molecule has 2 aliphatic heterocycles. The van der Waals surface area contributed by atoms with Crippen LogP contribution in [0.5, 0.6) is 0 Å². The Hall–Kier alpha value is -3.89. The van der Waals surface area contributed by atoms with Crippen molar-refractivity contribution in [2.75, 3.05) is 23.3 Å². The maximum Gasteiger partial charge on any atom is 0.211 e. The number of nitrogen functional groups attached to an aromatic ring is 2. The summed E-state index contributed by atoms with van der Waals surface area (Å²) >= 11 is 0. The number of nitrogens with one attached hydrogen (secondary N) is 2. The van der Waals surface area contributed by atoms with Crippen molar-refractivity contribution in [3.05, 3.63) is 46.3 Å². The molecule has 0 aliphatic carbocycles. The summed E-state index contributed by atoms with van der Waals surface area (Å²) in [7, 11) is 0. The van der Waals surface area contributed by atoms with E-state index in [1.54, 1.807) is 6.07 Å². The molecule has 32 heavy (non-hydrogen) atoms. The number of aliphatic imine (C=N–C) groups is 1. The lowest BCUT2D eigenvalue weighted by molar-refractivity contribution is 0.152. The third kappa shape index (κ3) is 3.88. The Morgan fingerprint density at radius 2 is 2.12 bits per heavy atom. The van der Waals surface area contributed by atoms with Gasteiger partial charge in [-0.2, -0.15) is 10.5 Å². The van der Waals surface area contributed by atoms with E-state index in [4.69, 9.17) is 16.7 Å². The van der Waals surface area contributed by atoms with E-state index in [0.717, 1.165) is 30.5 Å². The second kappa shape index (κ2) is 8.69.